The van der Waals surface area contributed by atoms with Crippen LogP contribution in [-0.4, -0.2) is 55.1 Å². The van der Waals surface area contributed by atoms with Gasteiger partial charge in [-0.1, -0.05) is 30.3 Å². The molecule has 1 atom stereocenters. The molecule has 0 aliphatic carbocycles. The number of nitrogens with zero attached hydrogens (tertiary/aromatic N) is 4. The number of hydrogen-bond acceptors (Lipinski definition) is 5. The maximum atomic E-state index is 14.7. The fourth-order valence-electron chi connectivity index (χ4n) is 4.45. The van der Waals surface area contributed by atoms with Gasteiger partial charge in [-0.2, -0.15) is 0 Å². The summed E-state index contributed by atoms with van der Waals surface area (Å²) < 4.78 is 20.2. The van der Waals surface area contributed by atoms with E-state index in [1.165, 1.54) is 6.07 Å². The summed E-state index contributed by atoms with van der Waals surface area (Å²) >= 11 is 0. The molecule has 2 heterocycles. The van der Waals surface area contributed by atoms with Crippen LogP contribution in [0.25, 0.3) is 11.1 Å². The van der Waals surface area contributed by atoms with Crippen molar-refractivity contribution in [2.45, 2.75) is 25.7 Å². The first-order chi connectivity index (χ1) is 15.9. The fraction of sp³-hybridized carbons (Fsp3) is 0.346. The molecule has 0 bridgehead atoms. The van der Waals surface area contributed by atoms with Crippen LogP contribution in [0.2, 0.25) is 0 Å². The van der Waals surface area contributed by atoms with E-state index in [0.29, 0.717) is 41.5 Å². The average molecular weight is 449 g/mol. The fourth-order valence-corrected chi connectivity index (χ4v) is 4.45. The summed E-state index contributed by atoms with van der Waals surface area (Å²) in [5.74, 6) is 0.764. The lowest BCUT2D eigenvalue weighted by Crippen LogP contribution is -2.39. The van der Waals surface area contributed by atoms with E-state index in [2.05, 4.69) is 4.98 Å². The van der Waals surface area contributed by atoms with Gasteiger partial charge in [-0.25, -0.2) is 14.4 Å². The van der Waals surface area contributed by atoms with Crippen LogP contribution >= 0.6 is 0 Å². The van der Waals surface area contributed by atoms with E-state index >= 15 is 0 Å². The molecule has 0 radical (unpaired) electrons. The zero-order chi connectivity index (χ0) is 23.5. The monoisotopic (exact) mass is 448 g/mol. The summed E-state index contributed by atoms with van der Waals surface area (Å²) in [4.78, 5) is 26.4. The van der Waals surface area contributed by atoms with E-state index in [-0.39, 0.29) is 17.6 Å². The van der Waals surface area contributed by atoms with E-state index in [4.69, 9.17) is 9.72 Å². The van der Waals surface area contributed by atoms with E-state index < -0.39 is 0 Å². The Labute approximate surface area is 194 Å². The molecule has 4 rings (SSSR count). The third-order valence-electron chi connectivity index (χ3n) is 6.11. The van der Waals surface area contributed by atoms with Crippen molar-refractivity contribution in [1.29, 1.82) is 0 Å². The van der Waals surface area contributed by atoms with Gasteiger partial charge in [0, 0.05) is 50.4 Å². The first-order valence-electron chi connectivity index (χ1n) is 11.1. The molecule has 2 aromatic carbocycles. The molecule has 1 saturated heterocycles. The van der Waals surface area contributed by atoms with Crippen LogP contribution in [0.4, 0.5) is 10.3 Å². The summed E-state index contributed by atoms with van der Waals surface area (Å²) in [6.45, 7) is 3.09. The number of halogens is 1. The quantitative estimate of drug-likeness (QED) is 0.567. The SMILES string of the molecule is COc1c(C)cccc1C(=O)N1CCCC(c2nc(N(C)C)ncc2-c2ccccc2F)C1. The Morgan fingerprint density at radius 2 is 1.94 bits per heavy atom. The van der Waals surface area contributed by atoms with Gasteiger partial charge in [0.1, 0.15) is 11.6 Å². The Balaban J connectivity index is 1.71. The number of benzene rings is 2. The number of aryl methyl sites for hydroxylation is 1. The molecule has 1 amide bonds. The molecule has 3 aromatic rings. The van der Waals surface area contributed by atoms with Crippen LogP contribution in [-0.2, 0) is 0 Å². The molecule has 1 aromatic heterocycles. The summed E-state index contributed by atoms with van der Waals surface area (Å²) in [5, 5.41) is 0. The molecule has 1 unspecified atom stereocenters. The Morgan fingerprint density at radius 3 is 2.67 bits per heavy atom. The number of ether oxygens (including phenoxy) is 1. The van der Waals surface area contributed by atoms with Crippen molar-refractivity contribution in [3.8, 4) is 16.9 Å². The normalized spacial score (nSPS) is 15.9. The number of carbonyl (C=O) groups is 1. The van der Waals surface area contributed by atoms with Crippen LogP contribution < -0.4 is 9.64 Å². The number of likely N-dealkylation sites (tertiary alicyclic amines) is 1. The van der Waals surface area contributed by atoms with E-state index in [0.717, 1.165) is 24.1 Å². The van der Waals surface area contributed by atoms with Gasteiger partial charge in [-0.3, -0.25) is 4.79 Å². The van der Waals surface area contributed by atoms with E-state index in [9.17, 15) is 9.18 Å². The Hall–Kier alpha value is -3.48. The topological polar surface area (TPSA) is 58.6 Å². The van der Waals surface area contributed by atoms with Crippen LogP contribution in [0.15, 0.2) is 48.7 Å². The van der Waals surface area contributed by atoms with Crippen molar-refractivity contribution >= 4 is 11.9 Å². The minimum absolute atomic E-state index is 0.0326. The number of piperidine rings is 1. The molecule has 0 spiro atoms. The van der Waals surface area contributed by atoms with Crippen LogP contribution in [0.1, 0.15) is 40.4 Å². The first-order valence-corrected chi connectivity index (χ1v) is 11.1. The smallest absolute Gasteiger partial charge is 0.257 e. The highest BCUT2D eigenvalue weighted by Gasteiger charge is 2.30. The van der Waals surface area contributed by atoms with Crippen molar-refractivity contribution in [3.05, 3.63) is 71.3 Å². The van der Waals surface area contributed by atoms with Gasteiger partial charge in [0.05, 0.1) is 18.4 Å². The summed E-state index contributed by atoms with van der Waals surface area (Å²) in [6, 6.07) is 12.3. The molecule has 0 saturated carbocycles. The van der Waals surface area contributed by atoms with Crippen molar-refractivity contribution in [3.63, 3.8) is 0 Å². The van der Waals surface area contributed by atoms with Crippen molar-refractivity contribution in [1.82, 2.24) is 14.9 Å². The largest absolute Gasteiger partial charge is 0.496 e. The zero-order valence-corrected chi connectivity index (χ0v) is 19.5. The summed E-state index contributed by atoms with van der Waals surface area (Å²) in [6.07, 6.45) is 3.39. The minimum atomic E-state index is -0.312. The average Bonchev–Trinajstić information content (AvgIpc) is 2.83. The molecule has 172 valence electrons. The number of carbonyl (C=O) groups excluding carboxylic acids is 1. The Bertz CT molecular complexity index is 1160. The predicted octanol–water partition coefficient (Wildman–Crippen LogP) is 4.69. The lowest BCUT2D eigenvalue weighted by molar-refractivity contribution is 0.0702. The van der Waals surface area contributed by atoms with Gasteiger partial charge in [-0.05, 0) is 37.5 Å². The number of para-hydroxylation sites is 1. The second-order valence-corrected chi connectivity index (χ2v) is 8.59. The highest BCUT2D eigenvalue weighted by atomic mass is 19.1. The van der Waals surface area contributed by atoms with Gasteiger partial charge in [0.2, 0.25) is 5.95 Å². The molecule has 0 N–H and O–H groups in total. The van der Waals surface area contributed by atoms with Gasteiger partial charge >= 0.3 is 0 Å². The number of rotatable bonds is 5. The molecule has 1 fully saturated rings. The molecule has 6 nitrogen and oxygen atoms in total. The standard InChI is InChI=1S/C26H29FN4O2/c1-17-9-7-12-20(24(17)33-4)25(32)31-14-8-10-18(16-31)23-21(15-28-26(29-23)30(2)3)19-11-5-6-13-22(19)27/h5-7,9,11-13,15,18H,8,10,14,16H2,1-4H3. The summed E-state index contributed by atoms with van der Waals surface area (Å²) in [5.41, 5.74) is 3.40. The van der Waals surface area contributed by atoms with Crippen molar-refractivity contribution < 1.29 is 13.9 Å². The lowest BCUT2D eigenvalue weighted by Gasteiger charge is -2.34. The van der Waals surface area contributed by atoms with Crippen LogP contribution in [0.5, 0.6) is 5.75 Å². The van der Waals surface area contributed by atoms with Crippen molar-refractivity contribution in [2.75, 3.05) is 39.2 Å². The molecule has 7 heteroatoms. The third-order valence-corrected chi connectivity index (χ3v) is 6.11. The van der Waals surface area contributed by atoms with Crippen LogP contribution in [0.3, 0.4) is 0 Å². The minimum Gasteiger partial charge on any atom is -0.496 e. The molecular weight excluding hydrogens is 419 g/mol. The number of methoxy groups -OCH3 is 1. The number of amides is 1. The number of anilines is 1. The molecular formula is C26H29FN4O2. The highest BCUT2D eigenvalue weighted by Crippen LogP contribution is 2.36. The van der Waals surface area contributed by atoms with Gasteiger partial charge < -0.3 is 14.5 Å². The Kier molecular flexibility index (Phi) is 6.58. The van der Waals surface area contributed by atoms with Crippen LogP contribution in [0, 0.1) is 12.7 Å². The predicted molar refractivity (Wildman–Crippen MR) is 127 cm³/mol. The second-order valence-electron chi connectivity index (χ2n) is 8.59. The highest BCUT2D eigenvalue weighted by molar-refractivity contribution is 5.97. The molecule has 33 heavy (non-hydrogen) atoms. The second kappa shape index (κ2) is 9.57. The zero-order valence-electron chi connectivity index (χ0n) is 19.5. The van der Waals surface area contributed by atoms with Crippen molar-refractivity contribution in [2.24, 2.45) is 0 Å². The van der Waals surface area contributed by atoms with E-state index in [1.807, 2.05) is 49.0 Å². The van der Waals surface area contributed by atoms with Gasteiger partial charge in [-0.15, -0.1) is 0 Å². The molecule has 1 aliphatic heterocycles. The Morgan fingerprint density at radius 1 is 1.15 bits per heavy atom. The lowest BCUT2D eigenvalue weighted by atomic mass is 9.89. The number of hydrogen-bond donors (Lipinski definition) is 0. The maximum absolute atomic E-state index is 14.7. The van der Waals surface area contributed by atoms with Gasteiger partial charge in [0.15, 0.2) is 0 Å². The maximum Gasteiger partial charge on any atom is 0.257 e. The summed E-state index contributed by atoms with van der Waals surface area (Å²) in [7, 11) is 5.34. The first kappa shape index (κ1) is 22.7. The third kappa shape index (κ3) is 4.53. The van der Waals surface area contributed by atoms with Gasteiger partial charge in [0.25, 0.3) is 5.91 Å². The van der Waals surface area contributed by atoms with E-state index in [1.54, 1.807) is 31.5 Å². The number of aromatic nitrogens is 2. The molecule has 1 aliphatic rings.